The quantitative estimate of drug-likeness (QED) is 0.601. The molecule has 2 nitrogen and oxygen atoms in total. The Morgan fingerprint density at radius 2 is 2.31 bits per heavy atom. The van der Waals surface area contributed by atoms with E-state index < -0.39 is 0 Å². The zero-order valence-corrected chi connectivity index (χ0v) is 8.37. The van der Waals surface area contributed by atoms with E-state index in [9.17, 15) is 0 Å². The van der Waals surface area contributed by atoms with Crippen LogP contribution < -0.4 is 0 Å². The van der Waals surface area contributed by atoms with Gasteiger partial charge < -0.3 is 0 Å². The molecule has 0 N–H and O–H groups in total. The number of nitrogens with zero attached hydrogens (tertiary/aromatic N) is 2. The maximum Gasteiger partial charge on any atom is 0.0531 e. The highest BCUT2D eigenvalue weighted by atomic mass is 15.1. The maximum atomic E-state index is 4.50. The van der Waals surface area contributed by atoms with E-state index >= 15 is 0 Å². The average Bonchev–Trinajstić information content (AvgIpc) is 2.20. The number of rotatable bonds is 1. The Balaban J connectivity index is 2.05. The van der Waals surface area contributed by atoms with E-state index in [1.165, 1.54) is 37.9 Å². The Labute approximate surface area is 80.3 Å². The molecule has 0 spiro atoms. The maximum absolute atomic E-state index is 4.50. The van der Waals surface area contributed by atoms with E-state index in [1.807, 2.05) is 0 Å². The van der Waals surface area contributed by atoms with E-state index in [2.05, 4.69) is 29.2 Å². The van der Waals surface area contributed by atoms with Crippen LogP contribution in [0.1, 0.15) is 32.1 Å². The van der Waals surface area contributed by atoms with Gasteiger partial charge in [-0.3, -0.25) is 9.89 Å². The van der Waals surface area contributed by atoms with E-state index in [0.29, 0.717) is 6.04 Å². The molecular weight excluding hydrogens is 160 g/mol. The number of hydrogen-bond donors (Lipinski definition) is 0. The molecule has 2 heteroatoms. The zero-order chi connectivity index (χ0) is 9.10. The molecule has 1 atom stereocenters. The molecule has 1 saturated heterocycles. The van der Waals surface area contributed by atoms with Gasteiger partial charge in [0, 0.05) is 6.21 Å². The van der Waals surface area contributed by atoms with Gasteiger partial charge in [0.05, 0.1) is 11.7 Å². The summed E-state index contributed by atoms with van der Waals surface area (Å²) in [4.78, 5) is 6.94. The minimum absolute atomic E-state index is 0.602. The van der Waals surface area contributed by atoms with Crippen LogP contribution in [0.3, 0.4) is 0 Å². The summed E-state index contributed by atoms with van der Waals surface area (Å²) in [5, 5.41) is 0. The van der Waals surface area contributed by atoms with Crippen LogP contribution in [0, 0.1) is 0 Å². The van der Waals surface area contributed by atoms with Gasteiger partial charge in [0.15, 0.2) is 0 Å². The standard InChI is InChI=1S/C11H18N2/c1-13-9-5-3-7-11(13)10-6-2-4-8-12-10/h6,8,11H,2-5,7,9H2,1H3. The van der Waals surface area contributed by atoms with Crippen molar-refractivity contribution < 1.29 is 0 Å². The van der Waals surface area contributed by atoms with Crippen molar-refractivity contribution in [2.75, 3.05) is 13.6 Å². The fourth-order valence-corrected chi connectivity index (χ4v) is 2.20. The first kappa shape index (κ1) is 8.95. The molecule has 0 amide bonds. The van der Waals surface area contributed by atoms with Gasteiger partial charge in [0.1, 0.15) is 0 Å². The zero-order valence-electron chi connectivity index (χ0n) is 8.37. The topological polar surface area (TPSA) is 15.6 Å². The number of allylic oxidation sites excluding steroid dienone is 1. The number of likely N-dealkylation sites (tertiary alicyclic amines) is 1. The number of piperidine rings is 1. The first-order valence-corrected chi connectivity index (χ1v) is 5.31. The molecule has 2 heterocycles. The SMILES string of the molecule is CN1CCCCC1C1=CCCC=N1. The van der Waals surface area contributed by atoms with Crippen molar-refractivity contribution >= 4 is 6.21 Å². The second-order valence-corrected chi connectivity index (χ2v) is 4.01. The first-order chi connectivity index (χ1) is 6.38. The van der Waals surface area contributed by atoms with Crippen molar-refractivity contribution in [3.63, 3.8) is 0 Å². The molecule has 2 aliphatic heterocycles. The lowest BCUT2D eigenvalue weighted by atomic mass is 9.98. The third-order valence-electron chi connectivity index (χ3n) is 3.00. The molecule has 0 radical (unpaired) electrons. The van der Waals surface area contributed by atoms with Gasteiger partial charge in [0.2, 0.25) is 0 Å². The van der Waals surface area contributed by atoms with Crippen LogP contribution in [0.15, 0.2) is 16.8 Å². The summed E-state index contributed by atoms with van der Waals surface area (Å²) in [6, 6.07) is 0.602. The smallest absolute Gasteiger partial charge is 0.0531 e. The number of hydrogen-bond acceptors (Lipinski definition) is 2. The van der Waals surface area contributed by atoms with Crippen molar-refractivity contribution in [2.24, 2.45) is 4.99 Å². The van der Waals surface area contributed by atoms with Crippen LogP contribution >= 0.6 is 0 Å². The summed E-state index contributed by atoms with van der Waals surface area (Å²) in [7, 11) is 2.22. The van der Waals surface area contributed by atoms with Crippen molar-refractivity contribution in [3.05, 3.63) is 11.8 Å². The lowest BCUT2D eigenvalue weighted by molar-refractivity contribution is 0.211. The molecule has 0 aromatic heterocycles. The normalized spacial score (nSPS) is 30.2. The summed E-state index contributed by atoms with van der Waals surface area (Å²) >= 11 is 0. The summed E-state index contributed by atoms with van der Waals surface area (Å²) in [5.41, 5.74) is 1.31. The Morgan fingerprint density at radius 3 is 3.00 bits per heavy atom. The molecule has 0 aromatic carbocycles. The second-order valence-electron chi connectivity index (χ2n) is 4.01. The van der Waals surface area contributed by atoms with Gasteiger partial charge in [-0.1, -0.05) is 12.5 Å². The van der Waals surface area contributed by atoms with Gasteiger partial charge in [-0.05, 0) is 39.3 Å². The molecule has 2 rings (SSSR count). The van der Waals surface area contributed by atoms with Crippen LogP contribution in [0.25, 0.3) is 0 Å². The summed E-state index contributed by atoms with van der Waals surface area (Å²) in [6.07, 6.45) is 10.7. The number of aliphatic imine (C=N–C) groups is 1. The van der Waals surface area contributed by atoms with Crippen LogP contribution in [0.5, 0.6) is 0 Å². The lowest BCUT2D eigenvalue weighted by Gasteiger charge is -2.33. The summed E-state index contributed by atoms with van der Waals surface area (Å²) in [5.74, 6) is 0. The fourth-order valence-electron chi connectivity index (χ4n) is 2.20. The van der Waals surface area contributed by atoms with Crippen molar-refractivity contribution in [1.29, 1.82) is 0 Å². The van der Waals surface area contributed by atoms with E-state index in [0.717, 1.165) is 6.42 Å². The van der Waals surface area contributed by atoms with Gasteiger partial charge in [-0.25, -0.2) is 0 Å². The van der Waals surface area contributed by atoms with Crippen molar-refractivity contribution in [2.45, 2.75) is 38.1 Å². The molecule has 0 saturated carbocycles. The van der Waals surface area contributed by atoms with Crippen molar-refractivity contribution in [1.82, 2.24) is 4.90 Å². The summed E-state index contributed by atoms with van der Waals surface area (Å²) in [6.45, 7) is 1.23. The van der Waals surface area contributed by atoms with Crippen LogP contribution in [0.4, 0.5) is 0 Å². The molecule has 2 aliphatic rings. The Morgan fingerprint density at radius 1 is 1.38 bits per heavy atom. The average molecular weight is 178 g/mol. The number of likely N-dealkylation sites (N-methyl/N-ethyl adjacent to an activating group) is 1. The van der Waals surface area contributed by atoms with E-state index in [1.54, 1.807) is 0 Å². The monoisotopic (exact) mass is 178 g/mol. The van der Waals surface area contributed by atoms with Gasteiger partial charge >= 0.3 is 0 Å². The van der Waals surface area contributed by atoms with Crippen LogP contribution in [-0.4, -0.2) is 30.7 Å². The van der Waals surface area contributed by atoms with Crippen LogP contribution in [-0.2, 0) is 0 Å². The minimum Gasteiger partial charge on any atom is -0.298 e. The fraction of sp³-hybridized carbons (Fsp3) is 0.727. The van der Waals surface area contributed by atoms with E-state index in [4.69, 9.17) is 0 Å². The second kappa shape index (κ2) is 4.05. The lowest BCUT2D eigenvalue weighted by Crippen LogP contribution is -2.37. The predicted molar refractivity (Wildman–Crippen MR) is 56.1 cm³/mol. The van der Waals surface area contributed by atoms with Crippen molar-refractivity contribution in [3.8, 4) is 0 Å². The third-order valence-corrected chi connectivity index (χ3v) is 3.00. The van der Waals surface area contributed by atoms with Crippen LogP contribution in [0.2, 0.25) is 0 Å². The van der Waals surface area contributed by atoms with E-state index in [-0.39, 0.29) is 0 Å². The molecule has 0 aromatic rings. The Hall–Kier alpha value is -0.630. The molecular formula is C11H18N2. The molecule has 72 valence electrons. The molecule has 13 heavy (non-hydrogen) atoms. The molecule has 0 aliphatic carbocycles. The highest BCUT2D eigenvalue weighted by molar-refractivity contribution is 5.61. The van der Waals surface area contributed by atoms with Gasteiger partial charge in [-0.2, -0.15) is 0 Å². The highest BCUT2D eigenvalue weighted by Crippen LogP contribution is 2.24. The Kier molecular flexibility index (Phi) is 2.79. The molecule has 1 unspecified atom stereocenters. The van der Waals surface area contributed by atoms with Gasteiger partial charge in [0.25, 0.3) is 0 Å². The highest BCUT2D eigenvalue weighted by Gasteiger charge is 2.22. The predicted octanol–water partition coefficient (Wildman–Crippen LogP) is 2.22. The third kappa shape index (κ3) is 1.99. The van der Waals surface area contributed by atoms with Gasteiger partial charge in [-0.15, -0.1) is 0 Å². The molecule has 0 bridgehead atoms. The first-order valence-electron chi connectivity index (χ1n) is 5.31. The summed E-state index contributed by atoms with van der Waals surface area (Å²) < 4.78 is 0. The minimum atomic E-state index is 0.602. The largest absolute Gasteiger partial charge is 0.298 e. The Bertz CT molecular complexity index is 230. The molecule has 1 fully saturated rings.